The Morgan fingerprint density at radius 3 is 1.16 bits per heavy atom. The van der Waals surface area contributed by atoms with E-state index in [1.165, 1.54) is 116 Å². The first kappa shape index (κ1) is 56.0. The second kappa shape index (κ2) is 21.2. The van der Waals surface area contributed by atoms with Crippen LogP contribution in [0.1, 0.15) is 152 Å². The minimum absolute atomic E-state index is 0.221. The lowest BCUT2D eigenvalue weighted by molar-refractivity contribution is 0.474. The first-order valence-corrected chi connectivity index (χ1v) is 33.0. The third kappa shape index (κ3) is 8.79. The molecule has 0 spiro atoms. The maximum Gasteiger partial charge on any atom is 0.256 e. The number of ether oxygens (including phenoxy) is 2. The first-order valence-electron chi connectivity index (χ1n) is 33.0. The topological polar surface area (TPSA) is 26.6 Å². The van der Waals surface area contributed by atoms with E-state index in [4.69, 9.17) is 9.47 Å². The molecular weight excluding hydrogens is 1090 g/mol. The van der Waals surface area contributed by atoms with E-state index in [2.05, 4.69) is 299 Å². The molecule has 1 aromatic heterocycles. The van der Waals surface area contributed by atoms with Gasteiger partial charge >= 0.3 is 0 Å². The van der Waals surface area contributed by atoms with Crippen molar-refractivity contribution in [2.75, 3.05) is 4.90 Å². The number of benzene rings is 11. The van der Waals surface area contributed by atoms with Gasteiger partial charge in [-0.1, -0.05) is 241 Å². The Morgan fingerprint density at radius 1 is 0.300 bits per heavy atom. The van der Waals surface area contributed by atoms with Crippen molar-refractivity contribution in [1.82, 2.24) is 4.57 Å². The number of hydrogen-bond donors (Lipinski definition) is 0. The van der Waals surface area contributed by atoms with E-state index in [0.717, 1.165) is 62.2 Å². The van der Waals surface area contributed by atoms with Gasteiger partial charge < -0.3 is 18.9 Å². The van der Waals surface area contributed by atoms with Gasteiger partial charge in [-0.15, -0.1) is 0 Å². The van der Waals surface area contributed by atoms with E-state index in [-0.39, 0.29) is 13.4 Å². The molecule has 0 saturated carbocycles. The van der Waals surface area contributed by atoms with Crippen LogP contribution in [-0.4, -0.2) is 18.0 Å². The Kier molecular flexibility index (Phi) is 13.2. The van der Waals surface area contributed by atoms with Crippen molar-refractivity contribution in [3.05, 3.63) is 240 Å². The summed E-state index contributed by atoms with van der Waals surface area (Å²) in [5.41, 5.74) is 31.2. The lowest BCUT2D eigenvalue weighted by Gasteiger charge is -2.45. The monoisotopic (exact) mass is 1170 g/mol. The molecule has 0 N–H and O–H groups in total. The third-order valence-corrected chi connectivity index (χ3v) is 20.5. The molecule has 12 aromatic rings. The smallest absolute Gasteiger partial charge is 0.256 e. The van der Waals surface area contributed by atoms with Crippen LogP contribution in [0, 0.1) is 0 Å². The Balaban J connectivity index is 1.04. The Labute approximate surface area is 532 Å². The zero-order valence-electron chi connectivity index (χ0n) is 54.0. The van der Waals surface area contributed by atoms with Crippen molar-refractivity contribution in [3.8, 4) is 73.2 Å². The van der Waals surface area contributed by atoms with Gasteiger partial charge in [-0.3, -0.25) is 0 Å². The van der Waals surface area contributed by atoms with Gasteiger partial charge in [0, 0.05) is 38.6 Å². The van der Waals surface area contributed by atoms with E-state index in [0.29, 0.717) is 35.5 Å². The maximum absolute atomic E-state index is 7.94. The highest BCUT2D eigenvalue weighted by molar-refractivity contribution is 7.02. The molecule has 4 nitrogen and oxygen atoms in total. The van der Waals surface area contributed by atoms with Crippen LogP contribution in [0.3, 0.4) is 0 Å². The van der Waals surface area contributed by atoms with Crippen LogP contribution in [0.2, 0.25) is 0 Å². The third-order valence-electron chi connectivity index (χ3n) is 20.5. The Morgan fingerprint density at radius 2 is 0.667 bits per heavy atom. The highest BCUT2D eigenvalue weighted by Gasteiger charge is 2.52. The highest BCUT2D eigenvalue weighted by Crippen LogP contribution is 2.52. The van der Waals surface area contributed by atoms with Gasteiger partial charge in [0.05, 0.1) is 16.9 Å². The van der Waals surface area contributed by atoms with Gasteiger partial charge in [-0.05, 0) is 184 Å². The number of fused-ring (bicyclic) bond motifs is 13. The highest BCUT2D eigenvalue weighted by atomic mass is 16.5. The lowest BCUT2D eigenvalue weighted by Crippen LogP contribution is -2.63. The van der Waals surface area contributed by atoms with Gasteiger partial charge in [-0.25, -0.2) is 0 Å². The number of rotatable bonds is 11. The average molecular weight is 1170 g/mol. The second-order valence-corrected chi connectivity index (χ2v) is 27.9. The summed E-state index contributed by atoms with van der Waals surface area (Å²) in [6.45, 7) is 26.9. The minimum Gasteiger partial charge on any atom is -0.456 e. The number of aromatic nitrogens is 1. The predicted molar refractivity (Wildman–Crippen MR) is 384 cm³/mol. The van der Waals surface area contributed by atoms with Crippen LogP contribution in [-0.2, 0) is 0 Å². The van der Waals surface area contributed by atoms with Crippen molar-refractivity contribution in [1.29, 1.82) is 0 Å². The van der Waals surface area contributed by atoms with Crippen LogP contribution >= 0.6 is 0 Å². The summed E-state index contributed by atoms with van der Waals surface area (Å²) in [4.78, 5) is 2.53. The molecule has 0 fully saturated rings. The van der Waals surface area contributed by atoms with Crippen molar-refractivity contribution < 1.29 is 9.47 Å². The molecule has 0 saturated heterocycles. The second-order valence-electron chi connectivity index (χ2n) is 27.9. The average Bonchev–Trinajstić information content (AvgIpc) is 1.10. The molecule has 0 unspecified atom stereocenters. The molecule has 440 valence electrons. The van der Waals surface area contributed by atoms with Gasteiger partial charge in [0.2, 0.25) is 0 Å². The van der Waals surface area contributed by atoms with Crippen LogP contribution in [0.25, 0.3) is 72.0 Å². The summed E-state index contributed by atoms with van der Waals surface area (Å²) in [6.07, 6.45) is 0. The standard InChI is InChI=1S/C84H76B2N2O2/c1-47(2)53-13-21-57(22-14-53)58-29-35-67(36-30-58)87-75-38-32-65(60-25-17-55(18-26-60)49(5)6)45-70(75)85-71-43-62(51(9)10)33-39-76(71)90-84-78(85)81(87)83-79-82(84)88-74-37-31-64(59-23-15-54(16-24-59)48(3)4)41-68(74)69-42-66(61-27-19-56(20-28-61)50(7)8)46-73(80(69)88)86(79)72-44-63(52(11)12)34-40-77(72)89-83/h13-52H,1-12H3. The van der Waals surface area contributed by atoms with Crippen LogP contribution < -0.4 is 47.2 Å². The predicted octanol–water partition coefficient (Wildman–Crippen LogP) is 19.5. The molecule has 16 rings (SSSR count). The fraction of sp³-hybridized carbons (Fsp3) is 0.214. The first-order chi connectivity index (χ1) is 43.6. The zero-order valence-corrected chi connectivity index (χ0v) is 54.0. The molecule has 0 radical (unpaired) electrons. The van der Waals surface area contributed by atoms with Crippen LogP contribution in [0.15, 0.2) is 206 Å². The summed E-state index contributed by atoms with van der Waals surface area (Å²) in [5.74, 6) is 5.88. The molecule has 4 aliphatic rings. The molecule has 0 bridgehead atoms. The number of hydrogen-bond acceptors (Lipinski definition) is 3. The van der Waals surface area contributed by atoms with Crippen LogP contribution in [0.5, 0.6) is 23.0 Å². The Bertz CT molecular complexity index is 4870. The molecule has 0 aliphatic carbocycles. The molecule has 4 aliphatic heterocycles. The van der Waals surface area contributed by atoms with Crippen molar-refractivity contribution in [3.63, 3.8) is 0 Å². The molecule has 11 aromatic carbocycles. The van der Waals surface area contributed by atoms with E-state index in [1.807, 2.05) is 0 Å². The van der Waals surface area contributed by atoms with E-state index in [9.17, 15) is 0 Å². The fourth-order valence-electron chi connectivity index (χ4n) is 15.1. The quantitative estimate of drug-likeness (QED) is 0.121. The van der Waals surface area contributed by atoms with Gasteiger partial charge in [0.1, 0.15) is 23.0 Å². The summed E-state index contributed by atoms with van der Waals surface area (Å²) >= 11 is 0. The fourth-order valence-corrected chi connectivity index (χ4v) is 15.1. The molecule has 90 heavy (non-hydrogen) atoms. The van der Waals surface area contributed by atoms with Crippen molar-refractivity contribution in [2.45, 2.75) is 119 Å². The normalized spacial score (nSPS) is 13.4. The molecule has 5 heterocycles. The van der Waals surface area contributed by atoms with Crippen molar-refractivity contribution in [2.24, 2.45) is 0 Å². The van der Waals surface area contributed by atoms with Gasteiger partial charge in [0.15, 0.2) is 0 Å². The number of anilines is 3. The van der Waals surface area contributed by atoms with E-state index < -0.39 is 0 Å². The van der Waals surface area contributed by atoms with Gasteiger partial charge in [0.25, 0.3) is 13.4 Å². The summed E-state index contributed by atoms with van der Waals surface area (Å²) in [5, 5.41) is 2.43. The molecule has 0 atom stereocenters. The van der Waals surface area contributed by atoms with Gasteiger partial charge in [-0.2, -0.15) is 0 Å². The number of nitrogens with zero attached hydrogens (tertiary/aromatic N) is 2. The summed E-state index contributed by atoms with van der Waals surface area (Å²) < 4.78 is 18.5. The molecule has 0 amide bonds. The lowest BCUT2D eigenvalue weighted by atomic mass is 9.31. The molecular formula is C84H76B2N2O2. The summed E-state index contributed by atoms with van der Waals surface area (Å²) in [6, 6.07) is 79.6. The zero-order chi connectivity index (χ0) is 61.7. The van der Waals surface area contributed by atoms with E-state index >= 15 is 0 Å². The van der Waals surface area contributed by atoms with Crippen LogP contribution in [0.4, 0.5) is 17.1 Å². The minimum atomic E-state index is -0.223. The SMILES string of the molecule is CC(C)c1ccc(-c2ccc(N3c4ccc(-c5ccc(C(C)C)cc5)cc4B4c5cc(C(C)C)ccc5Oc5c4c3c3c4c5-n5c6ccc(-c7ccc(C(C)C)cc7)cc6c6cc(-c7ccc(C(C)C)cc7)cc(c65)B4c4cc(C(C)C)ccc4O3)cc2)cc1. The molecule has 6 heteroatoms. The van der Waals surface area contributed by atoms with E-state index in [1.54, 1.807) is 0 Å². The maximum atomic E-state index is 7.94. The Hall–Kier alpha value is -9.25. The van der Waals surface area contributed by atoms with Crippen molar-refractivity contribution >= 4 is 85.1 Å². The summed E-state index contributed by atoms with van der Waals surface area (Å²) in [7, 11) is 0. The largest absolute Gasteiger partial charge is 0.456 e.